The molecule has 0 bridgehead atoms. The van der Waals surface area contributed by atoms with Crippen LogP contribution in [-0.2, 0) is 6.54 Å². The van der Waals surface area contributed by atoms with Crippen molar-refractivity contribution in [2.75, 3.05) is 0 Å². The molecular weight excluding hydrogens is 366 g/mol. The minimum absolute atomic E-state index is 0.315. The predicted molar refractivity (Wildman–Crippen MR) is 88.3 cm³/mol. The van der Waals surface area contributed by atoms with Crippen LogP contribution in [0.3, 0.4) is 0 Å². The number of halogens is 2. The summed E-state index contributed by atoms with van der Waals surface area (Å²) in [5.41, 5.74) is 3.84. The monoisotopic (exact) mass is 381 g/mol. The summed E-state index contributed by atoms with van der Waals surface area (Å²) in [6.07, 6.45) is 0. The van der Waals surface area contributed by atoms with Gasteiger partial charge in [-0.3, -0.25) is 0 Å². The van der Waals surface area contributed by atoms with E-state index in [0.29, 0.717) is 6.04 Å². The summed E-state index contributed by atoms with van der Waals surface area (Å²) in [6, 6.07) is 15.1. The molecule has 0 unspecified atom stereocenters. The van der Waals surface area contributed by atoms with E-state index in [1.165, 1.54) is 21.2 Å². The normalized spacial score (nSPS) is 12.4. The van der Waals surface area contributed by atoms with Crippen LogP contribution in [0.15, 0.2) is 51.4 Å². The number of hydrogen-bond donors (Lipinski definition) is 1. The van der Waals surface area contributed by atoms with Crippen LogP contribution in [0.2, 0.25) is 0 Å². The van der Waals surface area contributed by atoms with Gasteiger partial charge in [-0.15, -0.1) is 0 Å². The Morgan fingerprint density at radius 1 is 1.05 bits per heavy atom. The summed E-state index contributed by atoms with van der Waals surface area (Å²) in [4.78, 5) is 0. The van der Waals surface area contributed by atoms with Crippen LogP contribution < -0.4 is 5.32 Å². The fourth-order valence-corrected chi connectivity index (χ4v) is 3.01. The molecule has 3 heteroatoms. The van der Waals surface area contributed by atoms with Crippen molar-refractivity contribution in [2.45, 2.75) is 26.4 Å². The molecule has 0 saturated carbocycles. The summed E-state index contributed by atoms with van der Waals surface area (Å²) in [5, 5.41) is 3.55. The molecule has 0 aliphatic heterocycles. The quantitative estimate of drug-likeness (QED) is 0.749. The lowest BCUT2D eigenvalue weighted by Crippen LogP contribution is -2.18. The second kappa shape index (κ2) is 6.69. The first-order chi connectivity index (χ1) is 9.08. The molecule has 0 amide bonds. The Balaban J connectivity index is 2.02. The number of rotatable bonds is 4. The van der Waals surface area contributed by atoms with Crippen molar-refractivity contribution in [3.8, 4) is 0 Å². The SMILES string of the molecule is Cc1ccc(CN[C@H](C)c2ccccc2Br)cc1Br. The van der Waals surface area contributed by atoms with Gasteiger partial charge in [-0.1, -0.05) is 62.2 Å². The number of aryl methyl sites for hydroxylation is 1. The van der Waals surface area contributed by atoms with E-state index in [9.17, 15) is 0 Å². The van der Waals surface area contributed by atoms with Gasteiger partial charge in [0.25, 0.3) is 0 Å². The molecule has 2 aromatic carbocycles. The molecule has 0 spiro atoms. The van der Waals surface area contributed by atoms with Gasteiger partial charge in [-0.05, 0) is 42.7 Å². The minimum Gasteiger partial charge on any atom is -0.306 e. The molecule has 0 aliphatic rings. The third kappa shape index (κ3) is 3.91. The van der Waals surface area contributed by atoms with Gasteiger partial charge in [0.15, 0.2) is 0 Å². The van der Waals surface area contributed by atoms with E-state index in [1.807, 2.05) is 6.07 Å². The summed E-state index contributed by atoms with van der Waals surface area (Å²) >= 11 is 7.17. The maximum Gasteiger partial charge on any atom is 0.0306 e. The van der Waals surface area contributed by atoms with Crippen LogP contribution in [0.4, 0.5) is 0 Å². The molecule has 1 atom stereocenters. The lowest BCUT2D eigenvalue weighted by molar-refractivity contribution is 0.572. The lowest BCUT2D eigenvalue weighted by Gasteiger charge is -2.16. The molecule has 0 fully saturated rings. The predicted octanol–water partition coefficient (Wildman–Crippen LogP) is 5.37. The Bertz CT molecular complexity index is 566. The van der Waals surface area contributed by atoms with E-state index in [1.54, 1.807) is 0 Å². The Kier molecular flexibility index (Phi) is 5.20. The topological polar surface area (TPSA) is 12.0 Å². The maximum absolute atomic E-state index is 3.60. The van der Waals surface area contributed by atoms with E-state index in [-0.39, 0.29) is 0 Å². The molecule has 0 aliphatic carbocycles. The van der Waals surface area contributed by atoms with Crippen LogP contribution in [0.5, 0.6) is 0 Å². The van der Waals surface area contributed by atoms with Crippen LogP contribution in [0.25, 0.3) is 0 Å². The van der Waals surface area contributed by atoms with Gasteiger partial charge in [0, 0.05) is 21.5 Å². The molecule has 100 valence electrons. The number of benzene rings is 2. The van der Waals surface area contributed by atoms with Gasteiger partial charge in [-0.2, -0.15) is 0 Å². The van der Waals surface area contributed by atoms with E-state index in [4.69, 9.17) is 0 Å². The van der Waals surface area contributed by atoms with Crippen molar-refractivity contribution in [2.24, 2.45) is 0 Å². The van der Waals surface area contributed by atoms with Gasteiger partial charge < -0.3 is 5.32 Å². The number of nitrogens with one attached hydrogen (secondary N) is 1. The first-order valence-electron chi connectivity index (χ1n) is 6.31. The molecule has 1 nitrogen and oxygen atoms in total. The highest BCUT2D eigenvalue weighted by molar-refractivity contribution is 9.10. The summed E-state index contributed by atoms with van der Waals surface area (Å²) in [7, 11) is 0. The van der Waals surface area contributed by atoms with Crippen LogP contribution in [-0.4, -0.2) is 0 Å². The van der Waals surface area contributed by atoms with Crippen molar-refractivity contribution in [1.29, 1.82) is 0 Å². The molecule has 0 aromatic heterocycles. The third-order valence-electron chi connectivity index (χ3n) is 3.22. The van der Waals surface area contributed by atoms with Crippen LogP contribution >= 0.6 is 31.9 Å². The first kappa shape index (κ1) is 14.8. The zero-order valence-electron chi connectivity index (χ0n) is 11.1. The van der Waals surface area contributed by atoms with E-state index >= 15 is 0 Å². The Morgan fingerprint density at radius 3 is 2.47 bits per heavy atom. The van der Waals surface area contributed by atoms with Crippen molar-refractivity contribution < 1.29 is 0 Å². The fourth-order valence-electron chi connectivity index (χ4n) is 1.95. The van der Waals surface area contributed by atoms with Crippen LogP contribution in [0.1, 0.15) is 29.7 Å². The molecule has 2 aromatic rings. The highest BCUT2D eigenvalue weighted by atomic mass is 79.9. The van der Waals surface area contributed by atoms with Crippen molar-refractivity contribution in [3.05, 3.63) is 68.1 Å². The summed E-state index contributed by atoms with van der Waals surface area (Å²) in [5.74, 6) is 0. The lowest BCUT2D eigenvalue weighted by atomic mass is 10.1. The molecule has 1 N–H and O–H groups in total. The van der Waals surface area contributed by atoms with Gasteiger partial charge in [0.05, 0.1) is 0 Å². The first-order valence-corrected chi connectivity index (χ1v) is 7.89. The van der Waals surface area contributed by atoms with Crippen molar-refractivity contribution in [3.63, 3.8) is 0 Å². The van der Waals surface area contributed by atoms with E-state index in [0.717, 1.165) is 11.0 Å². The Hall–Kier alpha value is -0.640. The summed E-state index contributed by atoms with van der Waals surface area (Å²) < 4.78 is 2.32. The van der Waals surface area contributed by atoms with E-state index < -0.39 is 0 Å². The fraction of sp³-hybridized carbons (Fsp3) is 0.250. The smallest absolute Gasteiger partial charge is 0.0306 e. The second-order valence-electron chi connectivity index (χ2n) is 4.71. The molecule has 0 heterocycles. The standard InChI is InChI=1S/C16H17Br2N/c1-11-7-8-13(9-16(11)18)10-19-12(2)14-5-3-4-6-15(14)17/h3-9,12,19H,10H2,1-2H3/t12-/m1/s1. The molecule has 0 saturated heterocycles. The minimum atomic E-state index is 0.315. The molecule has 0 radical (unpaired) electrons. The van der Waals surface area contributed by atoms with Crippen molar-refractivity contribution >= 4 is 31.9 Å². The van der Waals surface area contributed by atoms with Gasteiger partial charge >= 0.3 is 0 Å². The Labute approximate surface area is 131 Å². The Morgan fingerprint density at radius 2 is 1.79 bits per heavy atom. The average Bonchev–Trinajstić information content (AvgIpc) is 2.40. The highest BCUT2D eigenvalue weighted by Gasteiger charge is 2.08. The highest BCUT2D eigenvalue weighted by Crippen LogP contribution is 2.23. The third-order valence-corrected chi connectivity index (χ3v) is 4.80. The molecule has 19 heavy (non-hydrogen) atoms. The molecule has 2 rings (SSSR count). The maximum atomic E-state index is 3.60. The van der Waals surface area contributed by atoms with Gasteiger partial charge in [-0.25, -0.2) is 0 Å². The largest absolute Gasteiger partial charge is 0.306 e. The van der Waals surface area contributed by atoms with E-state index in [2.05, 4.69) is 87.4 Å². The van der Waals surface area contributed by atoms with Crippen molar-refractivity contribution in [1.82, 2.24) is 5.32 Å². The zero-order chi connectivity index (χ0) is 13.8. The average molecular weight is 383 g/mol. The number of hydrogen-bond acceptors (Lipinski definition) is 1. The summed E-state index contributed by atoms with van der Waals surface area (Å²) in [6.45, 7) is 5.15. The zero-order valence-corrected chi connectivity index (χ0v) is 14.3. The van der Waals surface area contributed by atoms with Crippen LogP contribution in [0, 0.1) is 6.92 Å². The second-order valence-corrected chi connectivity index (χ2v) is 6.42. The van der Waals surface area contributed by atoms with Gasteiger partial charge in [0.1, 0.15) is 0 Å². The molecular formula is C16H17Br2N. The van der Waals surface area contributed by atoms with Gasteiger partial charge in [0.2, 0.25) is 0 Å².